The van der Waals surface area contributed by atoms with Crippen molar-refractivity contribution in [3.8, 4) is 0 Å². The average Bonchev–Trinajstić information content (AvgIpc) is 3.05. The maximum Gasteiger partial charge on any atom is 0.282 e. The Morgan fingerprint density at radius 1 is 1.55 bits per heavy atom. The molecule has 1 fully saturated rings. The van der Waals surface area contributed by atoms with Gasteiger partial charge in [0.25, 0.3) is 5.56 Å². The van der Waals surface area contributed by atoms with Crippen molar-refractivity contribution < 1.29 is 19.7 Å². The molecular weight excluding hydrogens is 294 g/mol. The highest BCUT2D eigenvalue weighted by Crippen LogP contribution is 2.32. The molecule has 1 aliphatic rings. The van der Waals surface area contributed by atoms with Gasteiger partial charge in [0.05, 0.1) is 12.9 Å². The number of aromatic nitrogens is 4. The smallest absolute Gasteiger partial charge is 0.282 e. The average molecular weight is 311 g/mol. The van der Waals surface area contributed by atoms with Crippen molar-refractivity contribution in [2.45, 2.75) is 24.5 Å². The number of hydrogen-bond acceptors (Lipinski definition) is 8. The van der Waals surface area contributed by atoms with Gasteiger partial charge in [-0.3, -0.25) is 13.9 Å². The van der Waals surface area contributed by atoms with E-state index in [1.165, 1.54) is 29.6 Å². The molecule has 10 heteroatoms. The van der Waals surface area contributed by atoms with Gasteiger partial charge in [0, 0.05) is 14.2 Å². The SMILES string of the molecule is COC1C(O)C(CO)OC1n1cnc2c(=O)n(C)c(N)nc21. The number of hydrogen-bond donors (Lipinski definition) is 3. The van der Waals surface area contributed by atoms with E-state index in [0.717, 1.165) is 0 Å². The van der Waals surface area contributed by atoms with E-state index in [1.807, 2.05) is 0 Å². The number of rotatable bonds is 3. The Balaban J connectivity index is 2.13. The molecule has 1 aliphatic heterocycles. The predicted molar refractivity (Wildman–Crippen MR) is 75.0 cm³/mol. The van der Waals surface area contributed by atoms with Crippen LogP contribution in [0.2, 0.25) is 0 Å². The van der Waals surface area contributed by atoms with Crippen LogP contribution in [-0.2, 0) is 16.5 Å². The molecule has 0 amide bonds. The highest BCUT2D eigenvalue weighted by Gasteiger charge is 2.45. The van der Waals surface area contributed by atoms with Crippen LogP contribution in [0.4, 0.5) is 5.95 Å². The van der Waals surface area contributed by atoms with Gasteiger partial charge in [-0.1, -0.05) is 0 Å². The van der Waals surface area contributed by atoms with Gasteiger partial charge in [0.15, 0.2) is 17.4 Å². The molecule has 0 bridgehead atoms. The van der Waals surface area contributed by atoms with Crippen molar-refractivity contribution in [2.75, 3.05) is 19.5 Å². The van der Waals surface area contributed by atoms with Gasteiger partial charge in [-0.2, -0.15) is 4.98 Å². The first-order chi connectivity index (χ1) is 10.5. The van der Waals surface area contributed by atoms with E-state index in [0.29, 0.717) is 0 Å². The van der Waals surface area contributed by atoms with Gasteiger partial charge in [0.2, 0.25) is 5.95 Å². The standard InChI is InChI=1S/C12H17N5O5/c1-16-10(20)6-9(15-12(16)13)17(4-14-6)11-8(21-2)7(19)5(3-18)22-11/h4-5,7-8,11,18-19H,3H2,1-2H3,(H2,13,15). The lowest BCUT2D eigenvalue weighted by molar-refractivity contribution is -0.0583. The van der Waals surface area contributed by atoms with Crippen molar-refractivity contribution in [3.05, 3.63) is 16.7 Å². The number of ether oxygens (including phenoxy) is 2. The first-order valence-corrected chi connectivity index (χ1v) is 6.65. The highest BCUT2D eigenvalue weighted by molar-refractivity contribution is 5.71. The molecule has 0 spiro atoms. The molecule has 10 nitrogen and oxygen atoms in total. The van der Waals surface area contributed by atoms with Gasteiger partial charge < -0.3 is 25.4 Å². The van der Waals surface area contributed by atoms with Gasteiger partial charge in [0.1, 0.15) is 18.3 Å². The Morgan fingerprint density at radius 3 is 2.91 bits per heavy atom. The third kappa shape index (κ3) is 2.00. The summed E-state index contributed by atoms with van der Waals surface area (Å²) in [5, 5.41) is 19.3. The Hall–Kier alpha value is -2.01. The lowest BCUT2D eigenvalue weighted by atomic mass is 10.1. The molecule has 120 valence electrons. The summed E-state index contributed by atoms with van der Waals surface area (Å²) in [5.41, 5.74) is 5.70. The van der Waals surface area contributed by atoms with E-state index >= 15 is 0 Å². The molecule has 0 aromatic carbocycles. The van der Waals surface area contributed by atoms with Crippen LogP contribution >= 0.6 is 0 Å². The molecular formula is C12H17N5O5. The minimum atomic E-state index is -1.01. The van der Waals surface area contributed by atoms with Crippen molar-refractivity contribution in [2.24, 2.45) is 7.05 Å². The lowest BCUT2D eigenvalue weighted by Gasteiger charge is -2.20. The van der Waals surface area contributed by atoms with Gasteiger partial charge >= 0.3 is 0 Å². The fraction of sp³-hybridized carbons (Fsp3) is 0.583. The molecule has 4 atom stereocenters. The van der Waals surface area contributed by atoms with E-state index in [2.05, 4.69) is 9.97 Å². The van der Waals surface area contributed by atoms with E-state index in [4.69, 9.17) is 15.2 Å². The topological polar surface area (TPSA) is 138 Å². The molecule has 2 aromatic heterocycles. The predicted octanol–water partition coefficient (Wildman–Crippen LogP) is -2.02. The van der Waals surface area contributed by atoms with E-state index in [-0.39, 0.29) is 29.3 Å². The van der Waals surface area contributed by atoms with Crippen LogP contribution in [0.3, 0.4) is 0 Å². The number of imidazole rings is 1. The summed E-state index contributed by atoms with van der Waals surface area (Å²) in [4.78, 5) is 20.3. The summed E-state index contributed by atoms with van der Waals surface area (Å²) in [7, 11) is 2.92. The second-order valence-corrected chi connectivity index (χ2v) is 5.10. The van der Waals surface area contributed by atoms with E-state index in [9.17, 15) is 15.0 Å². The van der Waals surface area contributed by atoms with Crippen LogP contribution in [0.1, 0.15) is 6.23 Å². The Kier molecular flexibility index (Phi) is 3.60. The number of nitrogens with zero attached hydrogens (tertiary/aromatic N) is 4. The zero-order chi connectivity index (χ0) is 16.0. The quantitative estimate of drug-likeness (QED) is 0.590. The fourth-order valence-electron chi connectivity index (χ4n) is 2.60. The van der Waals surface area contributed by atoms with Crippen LogP contribution in [0, 0.1) is 0 Å². The molecule has 0 saturated carbocycles. The highest BCUT2D eigenvalue weighted by atomic mass is 16.6. The second-order valence-electron chi connectivity index (χ2n) is 5.10. The van der Waals surface area contributed by atoms with Crippen molar-refractivity contribution in [3.63, 3.8) is 0 Å². The van der Waals surface area contributed by atoms with Gasteiger partial charge in [-0.15, -0.1) is 0 Å². The Morgan fingerprint density at radius 2 is 2.27 bits per heavy atom. The number of fused-ring (bicyclic) bond motifs is 1. The third-order valence-corrected chi connectivity index (χ3v) is 3.88. The first kappa shape index (κ1) is 14.9. The zero-order valence-corrected chi connectivity index (χ0v) is 12.1. The summed E-state index contributed by atoms with van der Waals surface area (Å²) in [6, 6.07) is 0. The molecule has 4 unspecified atom stereocenters. The second kappa shape index (κ2) is 5.32. The van der Waals surface area contributed by atoms with Crippen molar-refractivity contribution in [1.82, 2.24) is 19.1 Å². The zero-order valence-electron chi connectivity index (χ0n) is 12.1. The van der Waals surface area contributed by atoms with Gasteiger partial charge in [-0.25, -0.2) is 4.98 Å². The number of aliphatic hydroxyl groups excluding tert-OH is 2. The monoisotopic (exact) mass is 311 g/mol. The maximum absolute atomic E-state index is 12.1. The fourth-order valence-corrected chi connectivity index (χ4v) is 2.60. The molecule has 4 N–H and O–H groups in total. The number of aliphatic hydroxyl groups is 2. The van der Waals surface area contributed by atoms with Crippen LogP contribution in [0.5, 0.6) is 0 Å². The molecule has 3 rings (SSSR count). The normalized spacial score (nSPS) is 28.5. The Labute approximate surface area is 124 Å². The van der Waals surface area contributed by atoms with E-state index < -0.39 is 24.5 Å². The molecule has 3 heterocycles. The molecule has 0 aliphatic carbocycles. The largest absolute Gasteiger partial charge is 0.394 e. The minimum Gasteiger partial charge on any atom is -0.394 e. The summed E-state index contributed by atoms with van der Waals surface area (Å²) in [6.45, 7) is -0.360. The molecule has 22 heavy (non-hydrogen) atoms. The van der Waals surface area contributed by atoms with Crippen LogP contribution in [0.15, 0.2) is 11.1 Å². The lowest BCUT2D eigenvalue weighted by Crippen LogP contribution is -2.34. The number of anilines is 1. The number of nitrogens with two attached hydrogens (primary N) is 1. The van der Waals surface area contributed by atoms with Crippen LogP contribution in [0.25, 0.3) is 11.2 Å². The van der Waals surface area contributed by atoms with Crippen LogP contribution in [-0.4, -0.2) is 61.3 Å². The summed E-state index contributed by atoms with van der Waals surface area (Å²) < 4.78 is 13.5. The summed E-state index contributed by atoms with van der Waals surface area (Å²) >= 11 is 0. The van der Waals surface area contributed by atoms with Crippen LogP contribution < -0.4 is 11.3 Å². The van der Waals surface area contributed by atoms with Crippen molar-refractivity contribution in [1.29, 1.82) is 0 Å². The molecule has 1 saturated heterocycles. The Bertz CT molecular complexity index is 756. The number of nitrogen functional groups attached to an aromatic ring is 1. The summed E-state index contributed by atoms with van der Waals surface area (Å²) in [6.07, 6.45) is -1.94. The maximum atomic E-state index is 12.1. The molecule has 2 aromatic rings. The third-order valence-electron chi connectivity index (χ3n) is 3.88. The van der Waals surface area contributed by atoms with Gasteiger partial charge in [-0.05, 0) is 0 Å². The number of methoxy groups -OCH3 is 1. The summed E-state index contributed by atoms with van der Waals surface area (Å²) in [5.74, 6) is 0.0328. The van der Waals surface area contributed by atoms with E-state index in [1.54, 1.807) is 0 Å². The minimum absolute atomic E-state index is 0.0328. The first-order valence-electron chi connectivity index (χ1n) is 6.65. The molecule has 0 radical (unpaired) electrons. The van der Waals surface area contributed by atoms with Crippen molar-refractivity contribution >= 4 is 17.1 Å².